The largest absolute Gasteiger partial charge is 0.394 e. The Morgan fingerprint density at radius 3 is 2.90 bits per heavy atom. The number of aliphatic hydroxyl groups is 1. The van der Waals surface area contributed by atoms with Crippen LogP contribution < -0.4 is 10.6 Å². The van der Waals surface area contributed by atoms with Gasteiger partial charge < -0.3 is 25.2 Å². The van der Waals surface area contributed by atoms with Crippen LogP contribution in [0.4, 0.5) is 14.9 Å². The molecule has 0 saturated carbocycles. The van der Waals surface area contributed by atoms with E-state index >= 15 is 0 Å². The number of nitrogens with one attached hydrogen (secondary N) is 2. The third-order valence-corrected chi connectivity index (χ3v) is 4.77. The Bertz CT molecular complexity index is 785. The molecule has 1 aromatic carbocycles. The molecule has 1 fully saturated rings. The predicted molar refractivity (Wildman–Crippen MR) is 103 cm³/mol. The van der Waals surface area contributed by atoms with Gasteiger partial charge in [-0.2, -0.15) is 0 Å². The number of anilines is 1. The van der Waals surface area contributed by atoms with E-state index in [1.54, 1.807) is 11.8 Å². The zero-order valence-electron chi connectivity index (χ0n) is 16.3. The summed E-state index contributed by atoms with van der Waals surface area (Å²) in [4.78, 5) is 12.2. The fraction of sp³-hybridized carbons (Fsp3) is 0.526. The van der Waals surface area contributed by atoms with Gasteiger partial charge in [0, 0.05) is 19.3 Å². The first-order valence-corrected chi connectivity index (χ1v) is 9.54. The van der Waals surface area contributed by atoms with Gasteiger partial charge in [-0.15, -0.1) is 5.10 Å². The number of hydrogen-bond donors (Lipinski definition) is 3. The molecule has 2 heterocycles. The molecule has 3 atom stereocenters. The molecule has 0 unspecified atom stereocenters. The van der Waals surface area contributed by atoms with Gasteiger partial charge in [0.05, 0.1) is 31.6 Å². The second kappa shape index (κ2) is 10.3. The number of aliphatic hydroxyl groups excluding tert-OH is 1. The monoisotopic (exact) mass is 407 g/mol. The maximum atomic E-state index is 13.0. The fourth-order valence-electron chi connectivity index (χ4n) is 3.32. The number of carbonyl (C=O) groups excluding carboxylic acids is 1. The van der Waals surface area contributed by atoms with Crippen molar-refractivity contribution in [2.24, 2.45) is 0 Å². The number of ether oxygens (including phenoxy) is 2. The molecule has 158 valence electrons. The van der Waals surface area contributed by atoms with Crippen molar-refractivity contribution in [1.29, 1.82) is 0 Å². The zero-order valence-corrected chi connectivity index (χ0v) is 16.3. The van der Waals surface area contributed by atoms with Gasteiger partial charge in [-0.3, -0.25) is 4.68 Å². The van der Waals surface area contributed by atoms with E-state index in [9.17, 15) is 14.3 Å². The van der Waals surface area contributed by atoms with E-state index in [4.69, 9.17) is 9.47 Å². The van der Waals surface area contributed by atoms with E-state index in [0.29, 0.717) is 25.3 Å². The molecular formula is C19H26FN5O4. The Hall–Kier alpha value is -2.56. The van der Waals surface area contributed by atoms with Gasteiger partial charge in [-0.1, -0.05) is 5.21 Å². The lowest BCUT2D eigenvalue weighted by Crippen LogP contribution is -2.52. The molecule has 1 aromatic heterocycles. The lowest BCUT2D eigenvalue weighted by molar-refractivity contribution is -0.0905. The number of rotatable bonds is 8. The van der Waals surface area contributed by atoms with Crippen molar-refractivity contribution in [2.75, 3.05) is 19.0 Å². The molecule has 2 aromatic rings. The molecule has 0 aliphatic carbocycles. The van der Waals surface area contributed by atoms with E-state index in [-0.39, 0.29) is 24.6 Å². The summed E-state index contributed by atoms with van der Waals surface area (Å²) in [5, 5.41) is 23.2. The average molecular weight is 407 g/mol. The van der Waals surface area contributed by atoms with Crippen molar-refractivity contribution >= 4 is 11.7 Å². The number of methoxy groups -OCH3 is 1. The number of aryl methyl sites for hydroxylation is 1. The average Bonchev–Trinajstić information content (AvgIpc) is 3.16. The van der Waals surface area contributed by atoms with Gasteiger partial charge >= 0.3 is 6.03 Å². The lowest BCUT2D eigenvalue weighted by atomic mass is 9.97. The van der Waals surface area contributed by atoms with Crippen LogP contribution in [-0.2, 0) is 22.6 Å². The molecule has 9 nitrogen and oxygen atoms in total. The standard InChI is InChI=1S/C19H26FN5O4/c1-28-12-15-10-25(24-23-15)9-8-16-6-7-17(18(11-26)29-16)22-19(27)21-14-4-2-13(20)3-5-14/h2-5,10,16-18,26H,6-9,11-12H2,1H3,(H2,21,22,27)/t16-,17+,18+/m0/s1. The number of benzene rings is 1. The quantitative estimate of drug-likeness (QED) is 0.614. The summed E-state index contributed by atoms with van der Waals surface area (Å²) < 4.78 is 25.7. The summed E-state index contributed by atoms with van der Waals surface area (Å²) in [6.07, 6.45) is 3.45. The number of halogens is 1. The van der Waals surface area contributed by atoms with Gasteiger partial charge in [0.2, 0.25) is 0 Å². The third kappa shape index (κ3) is 6.21. The molecule has 29 heavy (non-hydrogen) atoms. The molecule has 0 radical (unpaired) electrons. The van der Waals surface area contributed by atoms with Crippen LogP contribution >= 0.6 is 0 Å². The lowest BCUT2D eigenvalue weighted by Gasteiger charge is -2.36. The molecule has 1 aliphatic rings. The smallest absolute Gasteiger partial charge is 0.319 e. The number of carbonyl (C=O) groups is 1. The maximum absolute atomic E-state index is 13.0. The summed E-state index contributed by atoms with van der Waals surface area (Å²) in [6.45, 7) is 0.863. The predicted octanol–water partition coefficient (Wildman–Crippen LogP) is 1.68. The van der Waals surface area contributed by atoms with Crippen LogP contribution in [0.2, 0.25) is 0 Å². The summed E-state index contributed by atoms with van der Waals surface area (Å²) in [5.74, 6) is -0.371. The first-order valence-electron chi connectivity index (χ1n) is 9.54. The highest BCUT2D eigenvalue weighted by Crippen LogP contribution is 2.22. The van der Waals surface area contributed by atoms with E-state index < -0.39 is 12.1 Å². The minimum absolute atomic E-state index is 0.0413. The fourth-order valence-corrected chi connectivity index (χ4v) is 3.32. The van der Waals surface area contributed by atoms with Crippen LogP contribution in [0.3, 0.4) is 0 Å². The van der Waals surface area contributed by atoms with Gasteiger partial charge in [0.25, 0.3) is 0 Å². The highest BCUT2D eigenvalue weighted by atomic mass is 19.1. The molecular weight excluding hydrogens is 381 g/mol. The minimum atomic E-state index is -0.493. The topological polar surface area (TPSA) is 111 Å². The molecule has 1 aliphatic heterocycles. The summed E-state index contributed by atoms with van der Waals surface area (Å²) in [7, 11) is 1.61. The number of aromatic nitrogens is 3. The first kappa shape index (κ1) is 21.2. The van der Waals surface area contributed by atoms with Crippen LogP contribution in [0, 0.1) is 5.82 Å². The maximum Gasteiger partial charge on any atom is 0.319 e. The van der Waals surface area contributed by atoms with E-state index in [1.165, 1.54) is 24.3 Å². The van der Waals surface area contributed by atoms with Gasteiger partial charge in [-0.05, 0) is 43.5 Å². The van der Waals surface area contributed by atoms with Gasteiger partial charge in [0.1, 0.15) is 17.6 Å². The van der Waals surface area contributed by atoms with Crippen molar-refractivity contribution in [3.63, 3.8) is 0 Å². The molecule has 3 N–H and O–H groups in total. The summed E-state index contributed by atoms with van der Waals surface area (Å²) in [5.41, 5.74) is 1.25. The molecule has 0 bridgehead atoms. The Labute approximate surface area is 168 Å². The Morgan fingerprint density at radius 1 is 1.38 bits per heavy atom. The van der Waals surface area contributed by atoms with Gasteiger partial charge in [0.15, 0.2) is 0 Å². The Morgan fingerprint density at radius 2 is 2.17 bits per heavy atom. The van der Waals surface area contributed by atoms with Crippen LogP contribution in [0.1, 0.15) is 25.0 Å². The molecule has 3 rings (SSSR count). The summed E-state index contributed by atoms with van der Waals surface area (Å²) >= 11 is 0. The number of urea groups is 1. The summed E-state index contributed by atoms with van der Waals surface area (Å²) in [6, 6.07) is 4.77. The van der Waals surface area contributed by atoms with Crippen LogP contribution in [0.5, 0.6) is 0 Å². The normalized spacial score (nSPS) is 21.7. The molecule has 1 saturated heterocycles. The van der Waals surface area contributed by atoms with Crippen LogP contribution in [0.15, 0.2) is 30.5 Å². The highest BCUT2D eigenvalue weighted by Gasteiger charge is 2.31. The zero-order chi connectivity index (χ0) is 20.6. The van der Waals surface area contributed by atoms with Crippen molar-refractivity contribution in [1.82, 2.24) is 20.3 Å². The minimum Gasteiger partial charge on any atom is -0.394 e. The number of amides is 2. The van der Waals surface area contributed by atoms with Crippen LogP contribution in [-0.4, -0.2) is 58.1 Å². The van der Waals surface area contributed by atoms with Crippen molar-refractivity contribution < 1.29 is 23.8 Å². The Kier molecular flexibility index (Phi) is 7.50. The second-order valence-electron chi connectivity index (χ2n) is 6.96. The molecule has 2 amide bonds. The molecule has 0 spiro atoms. The van der Waals surface area contributed by atoms with Crippen LogP contribution in [0.25, 0.3) is 0 Å². The van der Waals surface area contributed by atoms with E-state index in [1.807, 2.05) is 6.20 Å². The van der Waals surface area contributed by atoms with E-state index in [0.717, 1.165) is 18.5 Å². The van der Waals surface area contributed by atoms with Crippen molar-refractivity contribution in [3.8, 4) is 0 Å². The highest BCUT2D eigenvalue weighted by molar-refractivity contribution is 5.89. The van der Waals surface area contributed by atoms with E-state index in [2.05, 4.69) is 20.9 Å². The molecule has 10 heteroatoms. The SMILES string of the molecule is COCc1cn(CC[C@@H]2CC[C@@H](NC(=O)Nc3ccc(F)cc3)[C@@H](CO)O2)nn1. The number of hydrogen-bond acceptors (Lipinski definition) is 6. The van der Waals surface area contributed by atoms with Crippen molar-refractivity contribution in [3.05, 3.63) is 42.0 Å². The Balaban J connectivity index is 1.45. The van der Waals surface area contributed by atoms with Gasteiger partial charge in [-0.25, -0.2) is 9.18 Å². The second-order valence-corrected chi connectivity index (χ2v) is 6.96. The number of nitrogens with zero attached hydrogens (tertiary/aromatic N) is 3. The third-order valence-electron chi connectivity index (χ3n) is 4.77. The first-order chi connectivity index (χ1) is 14.1. The van der Waals surface area contributed by atoms with Crippen molar-refractivity contribution in [2.45, 2.75) is 50.7 Å².